The fourth-order valence-electron chi connectivity index (χ4n) is 5.19. The van der Waals surface area contributed by atoms with E-state index in [2.05, 4.69) is 9.89 Å². The average molecular weight is 547 g/mol. The van der Waals surface area contributed by atoms with Crippen molar-refractivity contribution in [2.24, 2.45) is 4.99 Å². The van der Waals surface area contributed by atoms with Gasteiger partial charge in [0.25, 0.3) is 11.2 Å². The fourth-order valence-corrected chi connectivity index (χ4v) is 6.23. The molecule has 1 aromatic heterocycles. The molecule has 1 atom stereocenters. The molecule has 0 spiro atoms. The molecule has 0 unspecified atom stereocenters. The van der Waals surface area contributed by atoms with Crippen molar-refractivity contribution in [3.63, 3.8) is 0 Å². The van der Waals surface area contributed by atoms with Gasteiger partial charge in [-0.2, -0.15) is 0 Å². The molecule has 202 valence electrons. The zero-order valence-corrected chi connectivity index (χ0v) is 23.0. The van der Waals surface area contributed by atoms with Gasteiger partial charge in [-0.15, -0.1) is 0 Å². The number of anilines is 1. The van der Waals surface area contributed by atoms with Crippen LogP contribution in [0, 0.1) is 17.0 Å². The molecule has 0 N–H and O–H groups in total. The van der Waals surface area contributed by atoms with E-state index in [1.54, 1.807) is 30.6 Å². The highest BCUT2D eigenvalue weighted by Gasteiger charge is 2.33. The maximum atomic E-state index is 14.0. The molecule has 39 heavy (non-hydrogen) atoms. The number of aryl methyl sites for hydroxylation is 1. The number of hydrogen-bond acceptors (Lipinski definition) is 8. The summed E-state index contributed by atoms with van der Waals surface area (Å²) in [5.74, 6) is -0.510. The number of fused-ring (bicyclic) bond motifs is 1. The number of thiazole rings is 1. The Labute approximate surface area is 229 Å². The Hall–Kier alpha value is -4.05. The second-order valence-corrected chi connectivity index (χ2v) is 10.8. The van der Waals surface area contributed by atoms with Crippen molar-refractivity contribution in [1.82, 2.24) is 4.57 Å². The van der Waals surface area contributed by atoms with Gasteiger partial charge in [0.1, 0.15) is 0 Å². The monoisotopic (exact) mass is 546 g/mol. The largest absolute Gasteiger partial charge is 0.463 e. The van der Waals surface area contributed by atoms with Crippen LogP contribution in [0.4, 0.5) is 11.4 Å². The zero-order valence-electron chi connectivity index (χ0n) is 22.2. The number of nitrogens with zero attached hydrogens (tertiary/aromatic N) is 4. The van der Waals surface area contributed by atoms with Crippen molar-refractivity contribution < 1.29 is 14.5 Å². The topological polar surface area (TPSA) is 107 Å². The summed E-state index contributed by atoms with van der Waals surface area (Å²) in [6.07, 6.45) is 4.96. The van der Waals surface area contributed by atoms with Crippen LogP contribution < -0.4 is 19.8 Å². The number of carbonyl (C=O) groups is 1. The Kier molecular flexibility index (Phi) is 7.47. The second-order valence-electron chi connectivity index (χ2n) is 9.76. The molecule has 10 heteroatoms. The minimum atomic E-state index is -0.699. The van der Waals surface area contributed by atoms with Crippen molar-refractivity contribution in [1.29, 1.82) is 0 Å². The van der Waals surface area contributed by atoms with Gasteiger partial charge in [0.15, 0.2) is 4.80 Å². The van der Waals surface area contributed by atoms with Gasteiger partial charge in [0.05, 0.1) is 33.4 Å². The lowest BCUT2D eigenvalue weighted by Crippen LogP contribution is -2.40. The molecule has 0 saturated carbocycles. The minimum absolute atomic E-state index is 0.0345. The van der Waals surface area contributed by atoms with Crippen molar-refractivity contribution >= 4 is 34.8 Å². The summed E-state index contributed by atoms with van der Waals surface area (Å²) in [5, 5.41) is 11.6. The zero-order chi connectivity index (χ0) is 27.7. The lowest BCUT2D eigenvalue weighted by atomic mass is 9.95. The molecule has 0 radical (unpaired) electrons. The summed E-state index contributed by atoms with van der Waals surface area (Å²) < 4.78 is 7.29. The van der Waals surface area contributed by atoms with Crippen molar-refractivity contribution in [3.05, 3.63) is 100 Å². The van der Waals surface area contributed by atoms with Crippen molar-refractivity contribution in [2.75, 3.05) is 24.6 Å². The molecular weight excluding hydrogens is 516 g/mol. The average Bonchev–Trinajstić information content (AvgIpc) is 3.23. The number of non-ortho nitro benzene ring substituents is 1. The molecule has 0 bridgehead atoms. The summed E-state index contributed by atoms with van der Waals surface area (Å²) in [7, 11) is 0. The normalized spacial score (nSPS) is 17.6. The van der Waals surface area contributed by atoms with Gasteiger partial charge in [-0.05, 0) is 57.7 Å². The van der Waals surface area contributed by atoms with E-state index in [-0.39, 0.29) is 17.9 Å². The first-order valence-electron chi connectivity index (χ1n) is 13.1. The van der Waals surface area contributed by atoms with Crippen LogP contribution >= 0.6 is 11.3 Å². The number of piperidine rings is 1. The van der Waals surface area contributed by atoms with E-state index >= 15 is 0 Å². The van der Waals surface area contributed by atoms with Gasteiger partial charge >= 0.3 is 5.97 Å². The first kappa shape index (κ1) is 26.6. The van der Waals surface area contributed by atoms with E-state index in [0.717, 1.165) is 49.2 Å². The molecule has 0 aliphatic carbocycles. The van der Waals surface area contributed by atoms with Crippen LogP contribution in [0.2, 0.25) is 0 Å². The molecule has 2 aliphatic rings. The van der Waals surface area contributed by atoms with Gasteiger partial charge in [-0.3, -0.25) is 19.5 Å². The smallest absolute Gasteiger partial charge is 0.338 e. The van der Waals surface area contributed by atoms with Gasteiger partial charge in [0, 0.05) is 36.5 Å². The quantitative estimate of drug-likeness (QED) is 0.263. The third-order valence-corrected chi connectivity index (χ3v) is 8.10. The van der Waals surface area contributed by atoms with Gasteiger partial charge in [-0.25, -0.2) is 9.79 Å². The number of allylic oxidation sites excluding steroid dienone is 1. The Morgan fingerprint density at radius 2 is 1.87 bits per heavy atom. The van der Waals surface area contributed by atoms with E-state index in [9.17, 15) is 19.7 Å². The molecule has 2 aromatic carbocycles. The van der Waals surface area contributed by atoms with E-state index < -0.39 is 16.9 Å². The number of esters is 1. The van der Waals surface area contributed by atoms with Crippen molar-refractivity contribution in [2.45, 2.75) is 46.1 Å². The third kappa shape index (κ3) is 5.16. The number of benzene rings is 2. The Balaban J connectivity index is 1.71. The highest BCUT2D eigenvalue weighted by atomic mass is 32.1. The van der Waals surface area contributed by atoms with Crippen LogP contribution in [0.15, 0.2) is 63.5 Å². The number of aromatic nitrogens is 1. The lowest BCUT2D eigenvalue weighted by Gasteiger charge is -2.30. The maximum Gasteiger partial charge on any atom is 0.338 e. The molecular formula is C29H30N4O5S. The Morgan fingerprint density at radius 3 is 2.54 bits per heavy atom. The van der Waals surface area contributed by atoms with E-state index in [1.807, 2.05) is 31.2 Å². The molecule has 1 saturated heterocycles. The molecule has 3 aromatic rings. The summed E-state index contributed by atoms with van der Waals surface area (Å²) in [4.78, 5) is 45.5. The van der Waals surface area contributed by atoms with Crippen LogP contribution in [0.5, 0.6) is 0 Å². The molecule has 5 rings (SSSR count). The predicted octanol–water partition coefficient (Wildman–Crippen LogP) is 4.01. The standard InChI is InChI=1S/C29H30N4O5S/c1-4-38-28(35)25-19(3)30-29-32(26(25)20-10-8-18(2)9-11-20)27(34)24(39-29)17-21-16-22(33(36)37)12-13-23(21)31-14-6-5-7-15-31/h8-13,16-17,26H,4-7,14-15H2,1-3H3/b24-17+/t26-/m1/s1. The first-order valence-corrected chi connectivity index (χ1v) is 13.9. The first-order chi connectivity index (χ1) is 18.8. The molecule has 0 amide bonds. The number of rotatable bonds is 6. The second kappa shape index (κ2) is 11.0. The molecule has 2 aliphatic heterocycles. The third-order valence-electron chi connectivity index (χ3n) is 7.12. The molecule has 3 heterocycles. The lowest BCUT2D eigenvalue weighted by molar-refractivity contribution is -0.384. The number of carbonyl (C=O) groups excluding carboxylic acids is 1. The predicted molar refractivity (Wildman–Crippen MR) is 151 cm³/mol. The van der Waals surface area contributed by atoms with E-state index in [0.29, 0.717) is 26.2 Å². The summed E-state index contributed by atoms with van der Waals surface area (Å²) in [5.41, 5.74) is 3.78. The SMILES string of the molecule is CCOC(=O)C1=C(C)N=c2s/c(=C/c3cc([N+](=O)[O-])ccc3N3CCCCC3)c(=O)n2[C@@H]1c1ccc(C)cc1. The van der Waals surface area contributed by atoms with Crippen LogP contribution in [-0.2, 0) is 9.53 Å². The van der Waals surface area contributed by atoms with Gasteiger partial charge in [0.2, 0.25) is 0 Å². The Bertz CT molecular complexity index is 1650. The van der Waals surface area contributed by atoms with Crippen LogP contribution in [0.3, 0.4) is 0 Å². The highest BCUT2D eigenvalue weighted by Crippen LogP contribution is 2.31. The molecule has 1 fully saturated rings. The van der Waals surface area contributed by atoms with Gasteiger partial charge in [-0.1, -0.05) is 41.2 Å². The fraction of sp³-hybridized carbons (Fsp3) is 0.345. The van der Waals surface area contributed by atoms with E-state index in [4.69, 9.17) is 4.74 Å². The number of nitro groups is 1. The summed E-state index contributed by atoms with van der Waals surface area (Å²) >= 11 is 1.21. The van der Waals surface area contributed by atoms with Crippen molar-refractivity contribution in [3.8, 4) is 0 Å². The minimum Gasteiger partial charge on any atom is -0.463 e. The number of nitro benzene ring substituents is 1. The van der Waals surface area contributed by atoms with Crippen LogP contribution in [0.1, 0.15) is 55.8 Å². The molecule has 9 nitrogen and oxygen atoms in total. The maximum absolute atomic E-state index is 14.0. The Morgan fingerprint density at radius 1 is 1.15 bits per heavy atom. The van der Waals surface area contributed by atoms with Crippen LogP contribution in [-0.4, -0.2) is 35.2 Å². The van der Waals surface area contributed by atoms with E-state index in [1.165, 1.54) is 23.5 Å². The van der Waals surface area contributed by atoms with Crippen LogP contribution in [0.25, 0.3) is 6.08 Å². The number of hydrogen-bond donors (Lipinski definition) is 0. The highest BCUT2D eigenvalue weighted by molar-refractivity contribution is 7.07. The number of ether oxygens (including phenoxy) is 1. The summed E-state index contributed by atoms with van der Waals surface area (Å²) in [6, 6.07) is 11.8. The van der Waals surface area contributed by atoms with Gasteiger partial charge < -0.3 is 9.64 Å². The summed E-state index contributed by atoms with van der Waals surface area (Å²) in [6.45, 7) is 7.38.